The molecule has 0 radical (unpaired) electrons. The third-order valence-electron chi connectivity index (χ3n) is 6.20. The molecule has 200 valence electrons. The molecule has 0 aliphatic heterocycles. The van der Waals surface area contributed by atoms with Crippen LogP contribution < -0.4 is 21.3 Å². The zero-order valence-electron chi connectivity index (χ0n) is 22.0. The van der Waals surface area contributed by atoms with Crippen LogP contribution in [-0.2, 0) is 27.8 Å². The first-order valence-corrected chi connectivity index (χ1v) is 13.8. The molecule has 1 heterocycles. The van der Waals surface area contributed by atoms with E-state index in [1.165, 1.54) is 4.31 Å². The van der Waals surface area contributed by atoms with Crippen molar-refractivity contribution in [1.29, 1.82) is 0 Å². The Hall–Kier alpha value is -3.62. The zero-order chi connectivity index (χ0) is 26.6. The highest BCUT2D eigenvalue weighted by Gasteiger charge is 2.26. The second-order valence-electron chi connectivity index (χ2n) is 8.54. The van der Waals surface area contributed by atoms with E-state index in [0.717, 1.165) is 22.4 Å². The van der Waals surface area contributed by atoms with Crippen LogP contribution in [-0.4, -0.2) is 25.6 Å². The van der Waals surface area contributed by atoms with Crippen molar-refractivity contribution in [3.8, 4) is 0 Å². The first-order valence-electron chi connectivity index (χ1n) is 12.4. The summed E-state index contributed by atoms with van der Waals surface area (Å²) in [5.74, 6) is 0.453. The lowest BCUT2D eigenvalue weighted by Crippen LogP contribution is -3.00. The van der Waals surface area contributed by atoms with Crippen LogP contribution in [0.4, 0.5) is 5.69 Å². The van der Waals surface area contributed by atoms with Crippen molar-refractivity contribution in [3.05, 3.63) is 95.9 Å². The minimum atomic E-state index is -3.87. The van der Waals surface area contributed by atoms with Gasteiger partial charge in [0.2, 0.25) is 0 Å². The molecule has 0 amide bonds. The highest BCUT2D eigenvalue weighted by atomic mass is 35.5. The zero-order valence-corrected chi connectivity index (χ0v) is 23.5. The number of fused-ring (bicyclic) bond motifs is 1. The molecular formula is C29H32ClN3O4S. The number of para-hydroxylation sites is 1. The Balaban J connectivity index is 0.00000400. The van der Waals surface area contributed by atoms with Gasteiger partial charge in [0.15, 0.2) is 11.0 Å². The maximum atomic E-state index is 13.7. The molecule has 0 spiro atoms. The molecule has 0 bridgehead atoms. The third-order valence-corrected chi connectivity index (χ3v) is 7.92. The van der Waals surface area contributed by atoms with Crippen LogP contribution in [0, 0.1) is 6.92 Å². The van der Waals surface area contributed by atoms with E-state index in [9.17, 15) is 13.2 Å². The number of halogens is 1. The number of ether oxygens (including phenoxy) is 1. The number of hydrogen-bond donors (Lipinski definition) is 0. The Morgan fingerprint density at radius 2 is 1.68 bits per heavy atom. The first kappa shape index (κ1) is 28.9. The smallest absolute Gasteiger partial charge is 0.338 e. The molecular weight excluding hydrogens is 522 g/mol. The number of nitrogens with zero attached hydrogens (tertiary/aromatic N) is 3. The molecule has 38 heavy (non-hydrogen) atoms. The lowest BCUT2D eigenvalue weighted by molar-refractivity contribution is -0.670. The van der Waals surface area contributed by atoms with Crippen molar-refractivity contribution >= 4 is 38.8 Å². The molecule has 0 saturated carbocycles. The third kappa shape index (κ3) is 5.61. The molecule has 0 aliphatic carbocycles. The summed E-state index contributed by atoms with van der Waals surface area (Å²) in [6.07, 6.45) is 3.42. The molecule has 7 nitrogen and oxygen atoms in total. The van der Waals surface area contributed by atoms with E-state index < -0.39 is 10.0 Å². The Kier molecular flexibility index (Phi) is 9.36. The molecule has 4 aromatic rings. The van der Waals surface area contributed by atoms with E-state index in [2.05, 4.69) is 9.13 Å². The van der Waals surface area contributed by atoms with Gasteiger partial charge in [0.05, 0.1) is 35.8 Å². The second-order valence-corrected chi connectivity index (χ2v) is 10.4. The van der Waals surface area contributed by atoms with E-state index in [4.69, 9.17) is 4.74 Å². The van der Waals surface area contributed by atoms with Crippen LogP contribution in [0.15, 0.2) is 83.9 Å². The molecule has 0 atom stereocenters. The van der Waals surface area contributed by atoms with Crippen LogP contribution >= 0.6 is 0 Å². The summed E-state index contributed by atoms with van der Waals surface area (Å²) in [5.41, 5.74) is 3.82. The van der Waals surface area contributed by atoms with E-state index in [0.29, 0.717) is 30.9 Å². The van der Waals surface area contributed by atoms with Gasteiger partial charge in [-0.15, -0.1) is 0 Å². The summed E-state index contributed by atoms with van der Waals surface area (Å²) in [6, 6.07) is 21.4. The summed E-state index contributed by atoms with van der Waals surface area (Å²) in [7, 11) is -3.87. The van der Waals surface area contributed by atoms with Gasteiger partial charge in [-0.2, -0.15) is 0 Å². The molecule has 0 aliphatic rings. The van der Waals surface area contributed by atoms with Crippen LogP contribution in [0.3, 0.4) is 0 Å². The van der Waals surface area contributed by atoms with Crippen molar-refractivity contribution in [3.63, 3.8) is 0 Å². The van der Waals surface area contributed by atoms with Crippen LogP contribution in [0.2, 0.25) is 0 Å². The lowest BCUT2D eigenvalue weighted by atomic mass is 10.2. The maximum absolute atomic E-state index is 13.7. The van der Waals surface area contributed by atoms with Crippen molar-refractivity contribution in [2.24, 2.45) is 0 Å². The molecule has 3 aromatic carbocycles. The summed E-state index contributed by atoms with van der Waals surface area (Å²) in [6.45, 7) is 9.36. The highest BCUT2D eigenvalue weighted by molar-refractivity contribution is 7.93. The summed E-state index contributed by atoms with van der Waals surface area (Å²) >= 11 is 0. The number of aryl methyl sites for hydroxylation is 3. The lowest BCUT2D eigenvalue weighted by Gasteiger charge is -2.20. The Labute approximate surface area is 230 Å². The number of anilines is 1. The Morgan fingerprint density at radius 1 is 1.00 bits per heavy atom. The van der Waals surface area contributed by atoms with Crippen molar-refractivity contribution in [1.82, 2.24) is 4.57 Å². The largest absolute Gasteiger partial charge is 1.00 e. The predicted octanol–water partition coefficient (Wildman–Crippen LogP) is 2.32. The van der Waals surface area contributed by atoms with E-state index >= 15 is 0 Å². The van der Waals surface area contributed by atoms with Gasteiger partial charge in [-0.25, -0.2) is 26.7 Å². The number of imidazole rings is 1. The fourth-order valence-electron chi connectivity index (χ4n) is 4.38. The van der Waals surface area contributed by atoms with Crippen LogP contribution in [0.25, 0.3) is 17.1 Å². The molecule has 9 heteroatoms. The quantitative estimate of drug-likeness (QED) is 0.236. The molecule has 0 saturated heterocycles. The number of carbonyl (C=O) groups is 1. The summed E-state index contributed by atoms with van der Waals surface area (Å²) in [5, 5.41) is 0. The molecule has 0 N–H and O–H groups in total. The van der Waals surface area contributed by atoms with Gasteiger partial charge >= 0.3 is 5.97 Å². The first-order chi connectivity index (χ1) is 17.8. The number of sulfonamides is 1. The monoisotopic (exact) mass is 553 g/mol. The number of benzene rings is 3. The predicted molar refractivity (Wildman–Crippen MR) is 146 cm³/mol. The number of carbonyl (C=O) groups excluding carboxylic acids is 1. The van der Waals surface area contributed by atoms with Gasteiger partial charge in [-0.1, -0.05) is 35.9 Å². The Bertz CT molecular complexity index is 1550. The minimum Gasteiger partial charge on any atom is -1.00 e. The highest BCUT2D eigenvalue weighted by Crippen LogP contribution is 2.26. The van der Waals surface area contributed by atoms with E-state index in [1.54, 1.807) is 55.6 Å². The Morgan fingerprint density at radius 3 is 2.29 bits per heavy atom. The topological polar surface area (TPSA) is 72.5 Å². The normalized spacial score (nSPS) is 11.5. The molecule has 4 rings (SSSR count). The number of esters is 1. The molecule has 0 unspecified atom stereocenters. The fourth-order valence-corrected chi connectivity index (χ4v) is 5.71. The van der Waals surface area contributed by atoms with Crippen molar-refractivity contribution < 1.29 is 34.9 Å². The van der Waals surface area contributed by atoms with Gasteiger partial charge < -0.3 is 17.1 Å². The van der Waals surface area contributed by atoms with Crippen molar-refractivity contribution in [2.75, 3.05) is 10.9 Å². The van der Waals surface area contributed by atoms with Gasteiger partial charge in [-0.05, 0) is 64.1 Å². The van der Waals surface area contributed by atoms with Gasteiger partial charge in [0.25, 0.3) is 15.8 Å². The second kappa shape index (κ2) is 12.3. The number of hydrogen-bond acceptors (Lipinski definition) is 4. The van der Waals surface area contributed by atoms with Crippen molar-refractivity contribution in [2.45, 2.75) is 45.7 Å². The number of aromatic nitrogens is 2. The van der Waals surface area contributed by atoms with E-state index in [1.807, 2.05) is 57.2 Å². The van der Waals surface area contributed by atoms with Gasteiger partial charge in [0.1, 0.15) is 0 Å². The summed E-state index contributed by atoms with van der Waals surface area (Å²) in [4.78, 5) is 12.6. The van der Waals surface area contributed by atoms with Crippen LogP contribution in [0.1, 0.15) is 42.5 Å². The van der Waals surface area contributed by atoms with Gasteiger partial charge in [-0.3, -0.25) is 0 Å². The van der Waals surface area contributed by atoms with Crippen LogP contribution in [0.5, 0.6) is 0 Å². The SMILES string of the molecule is CCOC(=O)c1ccc2c(c1)n(CC)c(/C=C/N(c1ccccc1)S(=O)(=O)c1ccc(C)cc1)[n+]2CC.[Cl-]. The van der Waals surface area contributed by atoms with E-state index in [-0.39, 0.29) is 23.3 Å². The number of rotatable bonds is 9. The maximum Gasteiger partial charge on any atom is 0.338 e. The molecule has 1 aromatic heterocycles. The van der Waals surface area contributed by atoms with Gasteiger partial charge in [0, 0.05) is 18.3 Å². The average Bonchev–Trinajstić information content (AvgIpc) is 3.21. The minimum absolute atomic E-state index is 0. The molecule has 0 fully saturated rings. The summed E-state index contributed by atoms with van der Waals surface area (Å²) < 4.78 is 38.1. The standard InChI is InChI=1S/C29H32N3O4S.ClH/c1-5-30-26-18-15-23(29(33)36-7-3)21-27(26)31(6-2)28(30)19-20-32(24-11-9-8-10-12-24)37(34,35)25-16-13-22(4)14-17-25;/h8-21H,5-7H2,1-4H3;1H/q+1;/p-1. The fraction of sp³-hybridized carbons (Fsp3) is 0.241. The average molecular weight is 554 g/mol.